The maximum atomic E-state index is 12.6. The number of hydrogen-bond acceptors (Lipinski definition) is 4. The lowest BCUT2D eigenvalue weighted by Crippen LogP contribution is -2.41. The quantitative estimate of drug-likeness (QED) is 0.931. The van der Waals surface area contributed by atoms with E-state index in [0.717, 1.165) is 11.3 Å². The summed E-state index contributed by atoms with van der Waals surface area (Å²) in [6.07, 6.45) is -3.50. The van der Waals surface area contributed by atoms with E-state index in [9.17, 15) is 18.0 Å². The zero-order valence-corrected chi connectivity index (χ0v) is 10.8. The van der Waals surface area contributed by atoms with Crippen molar-refractivity contribution < 1.29 is 23.1 Å². The first-order valence-electron chi connectivity index (χ1n) is 5.83. The van der Waals surface area contributed by atoms with E-state index in [1.54, 1.807) is 10.3 Å². The van der Waals surface area contributed by atoms with Crippen LogP contribution < -0.4 is 0 Å². The second-order valence-corrected chi connectivity index (χ2v) is 5.42. The highest BCUT2D eigenvalue weighted by Gasteiger charge is 2.41. The summed E-state index contributed by atoms with van der Waals surface area (Å²) >= 11 is 0.993. The van der Waals surface area contributed by atoms with Crippen molar-refractivity contribution in [2.24, 2.45) is 5.92 Å². The van der Waals surface area contributed by atoms with Crippen LogP contribution in [0.2, 0.25) is 0 Å². The minimum Gasteiger partial charge on any atom is -0.476 e. The largest absolute Gasteiger partial charge is 0.476 e. The Morgan fingerprint density at radius 2 is 2.32 bits per heavy atom. The lowest BCUT2D eigenvalue weighted by atomic mass is 9.97. The Morgan fingerprint density at radius 1 is 1.58 bits per heavy atom. The second kappa shape index (κ2) is 5.46. The molecule has 0 aromatic carbocycles. The highest BCUT2D eigenvalue weighted by Crippen LogP contribution is 2.33. The van der Waals surface area contributed by atoms with Gasteiger partial charge in [-0.15, -0.1) is 11.3 Å². The number of thiazole rings is 1. The van der Waals surface area contributed by atoms with E-state index in [4.69, 9.17) is 5.11 Å². The summed E-state index contributed by atoms with van der Waals surface area (Å²) in [4.78, 5) is 16.2. The number of carboxylic acids is 1. The first-order valence-corrected chi connectivity index (χ1v) is 6.71. The molecule has 2 rings (SSSR count). The van der Waals surface area contributed by atoms with E-state index in [1.165, 1.54) is 0 Å². The number of likely N-dealkylation sites (tertiary alicyclic amines) is 1. The fourth-order valence-electron chi connectivity index (χ4n) is 2.17. The van der Waals surface area contributed by atoms with Crippen LogP contribution in [0.4, 0.5) is 13.2 Å². The molecule has 1 unspecified atom stereocenters. The molecule has 1 saturated heterocycles. The molecule has 2 heterocycles. The van der Waals surface area contributed by atoms with Gasteiger partial charge in [0.05, 0.1) is 11.6 Å². The third-order valence-corrected chi connectivity index (χ3v) is 3.97. The average molecular weight is 294 g/mol. The zero-order valence-electron chi connectivity index (χ0n) is 9.98. The highest BCUT2D eigenvalue weighted by atomic mass is 32.1. The predicted octanol–water partition coefficient (Wildman–Crippen LogP) is 2.62. The molecule has 1 N–H and O–H groups in total. The Balaban J connectivity index is 1.96. The Hall–Kier alpha value is -1.15. The van der Waals surface area contributed by atoms with Crippen LogP contribution in [0.15, 0.2) is 5.38 Å². The fraction of sp³-hybridized carbons (Fsp3) is 0.636. The molecule has 0 amide bonds. The fourth-order valence-corrected chi connectivity index (χ4v) is 2.82. The van der Waals surface area contributed by atoms with Crippen molar-refractivity contribution >= 4 is 17.3 Å². The first kappa shape index (κ1) is 14.3. The van der Waals surface area contributed by atoms with Gasteiger partial charge in [0.15, 0.2) is 0 Å². The molecule has 0 aliphatic carbocycles. The number of aromatic carboxylic acids is 1. The van der Waals surface area contributed by atoms with Crippen LogP contribution in [0.25, 0.3) is 0 Å². The summed E-state index contributed by atoms with van der Waals surface area (Å²) < 4.78 is 37.9. The number of carbonyl (C=O) groups is 1. The van der Waals surface area contributed by atoms with Gasteiger partial charge in [-0.2, -0.15) is 13.2 Å². The first-order chi connectivity index (χ1) is 8.86. The molecule has 4 nitrogen and oxygen atoms in total. The van der Waals surface area contributed by atoms with Gasteiger partial charge in [0.1, 0.15) is 0 Å². The molecule has 0 spiro atoms. The molecule has 0 radical (unpaired) electrons. The monoisotopic (exact) mass is 294 g/mol. The van der Waals surface area contributed by atoms with E-state index in [-0.39, 0.29) is 24.5 Å². The Kier molecular flexibility index (Phi) is 4.10. The third-order valence-electron chi connectivity index (χ3n) is 3.09. The molecule has 0 bridgehead atoms. The van der Waals surface area contributed by atoms with Crippen molar-refractivity contribution in [3.8, 4) is 0 Å². The minimum absolute atomic E-state index is 0.0284. The molecule has 1 fully saturated rings. The normalized spacial score (nSPS) is 21.5. The molecular weight excluding hydrogens is 281 g/mol. The van der Waals surface area contributed by atoms with Crippen LogP contribution in [0.3, 0.4) is 0 Å². The van der Waals surface area contributed by atoms with Crippen LogP contribution >= 0.6 is 11.3 Å². The number of nitrogens with zero attached hydrogens (tertiary/aromatic N) is 2. The summed E-state index contributed by atoms with van der Waals surface area (Å²) in [5.74, 6) is -2.40. The van der Waals surface area contributed by atoms with E-state index in [1.807, 2.05) is 0 Å². The van der Waals surface area contributed by atoms with Crippen LogP contribution in [0.1, 0.15) is 28.3 Å². The molecular formula is C11H13F3N2O2S. The average Bonchev–Trinajstić information content (AvgIpc) is 2.77. The SMILES string of the molecule is O=C(O)c1nc(CN2CCCC(C(F)(F)F)C2)cs1. The Morgan fingerprint density at radius 3 is 2.89 bits per heavy atom. The van der Waals surface area contributed by atoms with Gasteiger partial charge in [0, 0.05) is 18.5 Å². The van der Waals surface area contributed by atoms with Gasteiger partial charge in [0.25, 0.3) is 0 Å². The minimum atomic E-state index is -4.16. The van der Waals surface area contributed by atoms with Crippen molar-refractivity contribution in [3.05, 3.63) is 16.1 Å². The maximum Gasteiger partial charge on any atom is 0.393 e. The molecule has 1 aliphatic rings. The van der Waals surface area contributed by atoms with Crippen LogP contribution in [-0.2, 0) is 6.54 Å². The highest BCUT2D eigenvalue weighted by molar-refractivity contribution is 7.11. The third kappa shape index (κ3) is 3.66. The number of carboxylic acid groups (broad SMARTS) is 1. The van der Waals surface area contributed by atoms with Crippen LogP contribution in [0, 0.1) is 5.92 Å². The van der Waals surface area contributed by atoms with E-state index in [2.05, 4.69) is 4.98 Å². The molecule has 19 heavy (non-hydrogen) atoms. The van der Waals surface area contributed by atoms with E-state index >= 15 is 0 Å². The van der Waals surface area contributed by atoms with E-state index < -0.39 is 18.1 Å². The maximum absolute atomic E-state index is 12.6. The van der Waals surface area contributed by atoms with Crippen molar-refractivity contribution in [2.75, 3.05) is 13.1 Å². The van der Waals surface area contributed by atoms with Crippen LogP contribution in [0.5, 0.6) is 0 Å². The smallest absolute Gasteiger partial charge is 0.393 e. The van der Waals surface area contributed by atoms with Gasteiger partial charge in [-0.05, 0) is 19.4 Å². The standard InChI is InChI=1S/C11H13F3N2O2S/c12-11(13,14)7-2-1-3-16(4-7)5-8-6-19-9(15-8)10(17)18/h6-7H,1-5H2,(H,17,18). The number of halogens is 3. The summed E-state index contributed by atoms with van der Waals surface area (Å²) in [5.41, 5.74) is 0.519. The molecule has 1 aromatic heterocycles. The van der Waals surface area contributed by atoms with Crippen molar-refractivity contribution in [1.82, 2.24) is 9.88 Å². The molecule has 1 aliphatic heterocycles. The van der Waals surface area contributed by atoms with Gasteiger partial charge in [-0.25, -0.2) is 9.78 Å². The summed E-state index contributed by atoms with van der Waals surface area (Å²) in [7, 11) is 0. The van der Waals surface area contributed by atoms with Gasteiger partial charge in [0.2, 0.25) is 5.01 Å². The Labute approximate surface area is 111 Å². The number of rotatable bonds is 3. The van der Waals surface area contributed by atoms with Gasteiger partial charge >= 0.3 is 12.1 Å². The molecule has 106 valence electrons. The van der Waals surface area contributed by atoms with Gasteiger partial charge in [-0.3, -0.25) is 4.90 Å². The Bertz CT molecular complexity index is 461. The van der Waals surface area contributed by atoms with Crippen molar-refractivity contribution in [2.45, 2.75) is 25.6 Å². The number of aromatic nitrogens is 1. The number of alkyl halides is 3. The molecule has 8 heteroatoms. The number of piperidine rings is 1. The lowest BCUT2D eigenvalue weighted by molar-refractivity contribution is -0.187. The lowest BCUT2D eigenvalue weighted by Gasteiger charge is -2.33. The predicted molar refractivity (Wildman–Crippen MR) is 63.1 cm³/mol. The number of hydrogen-bond donors (Lipinski definition) is 1. The van der Waals surface area contributed by atoms with Gasteiger partial charge < -0.3 is 5.11 Å². The van der Waals surface area contributed by atoms with Gasteiger partial charge in [-0.1, -0.05) is 0 Å². The second-order valence-electron chi connectivity index (χ2n) is 4.57. The topological polar surface area (TPSA) is 53.4 Å². The van der Waals surface area contributed by atoms with E-state index in [0.29, 0.717) is 18.7 Å². The summed E-state index contributed by atoms with van der Waals surface area (Å²) in [6, 6.07) is 0. The van der Waals surface area contributed by atoms with Crippen LogP contribution in [-0.4, -0.2) is 40.2 Å². The van der Waals surface area contributed by atoms with Crippen molar-refractivity contribution in [1.29, 1.82) is 0 Å². The summed E-state index contributed by atoms with van der Waals surface area (Å²) in [6.45, 7) is 0.826. The van der Waals surface area contributed by atoms with Crippen molar-refractivity contribution in [3.63, 3.8) is 0 Å². The molecule has 0 saturated carbocycles. The zero-order chi connectivity index (χ0) is 14.0. The summed E-state index contributed by atoms with van der Waals surface area (Å²) in [5, 5.41) is 10.3. The molecule has 1 aromatic rings. The molecule has 1 atom stereocenters.